The topological polar surface area (TPSA) is 63.6 Å². The molecule has 0 heterocycles. The van der Waals surface area contributed by atoms with Crippen molar-refractivity contribution in [3.63, 3.8) is 0 Å². The maximum Gasteiger partial charge on any atom is 0.294 e. The Morgan fingerprint density at radius 2 is 1.15 bits per heavy atom. The summed E-state index contributed by atoms with van der Waals surface area (Å²) in [7, 11) is -4.08. The van der Waals surface area contributed by atoms with E-state index in [-0.39, 0.29) is 10.8 Å². The standard InChI is InChI=1S/C12H10O.C9H12O3S/c1-3-7-11(8-4-1)13-12-9-5-2-6-10-12;1-7(2)8-5-3-4-6-9(8)13(10,11)12/h1-10H;3-7H,1-2H3,(H,10,11,12). The van der Waals surface area contributed by atoms with Crippen molar-refractivity contribution in [2.45, 2.75) is 24.7 Å². The lowest BCUT2D eigenvalue weighted by Crippen LogP contribution is -2.03. The average Bonchev–Trinajstić information content (AvgIpc) is 2.63. The minimum Gasteiger partial charge on any atom is -0.457 e. The van der Waals surface area contributed by atoms with E-state index in [0.29, 0.717) is 5.56 Å². The van der Waals surface area contributed by atoms with Gasteiger partial charge in [-0.15, -0.1) is 0 Å². The van der Waals surface area contributed by atoms with E-state index in [1.165, 1.54) is 6.07 Å². The molecule has 0 aromatic heterocycles. The van der Waals surface area contributed by atoms with Crippen LogP contribution in [0.3, 0.4) is 0 Å². The maximum atomic E-state index is 10.9. The molecule has 1 N–H and O–H groups in total. The predicted octanol–water partition coefficient (Wildman–Crippen LogP) is 5.54. The third-order valence-corrected chi connectivity index (χ3v) is 4.47. The summed E-state index contributed by atoms with van der Waals surface area (Å²) in [6.45, 7) is 3.76. The van der Waals surface area contributed by atoms with E-state index >= 15 is 0 Å². The summed E-state index contributed by atoms with van der Waals surface area (Å²) in [6, 6.07) is 26.0. The minimum absolute atomic E-state index is 0.00463. The van der Waals surface area contributed by atoms with E-state index in [1.54, 1.807) is 18.2 Å². The Kier molecular flexibility index (Phi) is 6.95. The molecular weight excluding hydrogens is 348 g/mol. The lowest BCUT2D eigenvalue weighted by molar-refractivity contribution is 0.481. The number of rotatable bonds is 4. The molecule has 5 heteroatoms. The molecular formula is C21H22O4S. The molecule has 0 atom stereocenters. The second-order valence-corrected chi connectivity index (χ2v) is 7.29. The van der Waals surface area contributed by atoms with Crippen LogP contribution in [0.2, 0.25) is 0 Å². The maximum absolute atomic E-state index is 10.9. The molecule has 0 fully saturated rings. The van der Waals surface area contributed by atoms with Gasteiger partial charge in [-0.3, -0.25) is 4.55 Å². The first-order chi connectivity index (χ1) is 12.4. The van der Waals surface area contributed by atoms with E-state index in [1.807, 2.05) is 74.5 Å². The van der Waals surface area contributed by atoms with Crippen LogP contribution < -0.4 is 4.74 Å². The van der Waals surface area contributed by atoms with Gasteiger partial charge in [0.2, 0.25) is 0 Å². The van der Waals surface area contributed by atoms with Gasteiger partial charge in [-0.2, -0.15) is 8.42 Å². The Hall–Kier alpha value is -2.63. The summed E-state index contributed by atoms with van der Waals surface area (Å²) in [5.41, 5.74) is 0.644. The zero-order valence-electron chi connectivity index (χ0n) is 14.7. The smallest absolute Gasteiger partial charge is 0.294 e. The van der Waals surface area contributed by atoms with Crippen LogP contribution in [0.25, 0.3) is 0 Å². The van der Waals surface area contributed by atoms with Gasteiger partial charge >= 0.3 is 0 Å². The summed E-state index contributed by atoms with van der Waals surface area (Å²) < 4.78 is 36.3. The molecule has 0 aliphatic heterocycles. The molecule has 3 aromatic rings. The summed E-state index contributed by atoms with van der Waals surface area (Å²) >= 11 is 0. The van der Waals surface area contributed by atoms with Gasteiger partial charge in [0.15, 0.2) is 0 Å². The van der Waals surface area contributed by atoms with E-state index in [2.05, 4.69) is 0 Å². The normalized spacial score (nSPS) is 10.8. The van der Waals surface area contributed by atoms with Crippen molar-refractivity contribution in [2.24, 2.45) is 0 Å². The SMILES string of the molecule is CC(C)c1ccccc1S(=O)(=O)O.c1ccc(Oc2ccccc2)cc1. The number of ether oxygens (including phenoxy) is 1. The number of para-hydroxylation sites is 2. The Morgan fingerprint density at radius 3 is 1.54 bits per heavy atom. The number of benzene rings is 3. The Balaban J connectivity index is 0.000000187. The molecule has 0 aliphatic carbocycles. The van der Waals surface area contributed by atoms with Gasteiger partial charge in [-0.25, -0.2) is 0 Å². The fraction of sp³-hybridized carbons (Fsp3) is 0.143. The van der Waals surface area contributed by atoms with Crippen molar-refractivity contribution in [1.82, 2.24) is 0 Å². The number of hydrogen-bond acceptors (Lipinski definition) is 3. The molecule has 0 spiro atoms. The van der Waals surface area contributed by atoms with Crippen LogP contribution in [0.4, 0.5) is 0 Å². The molecule has 4 nitrogen and oxygen atoms in total. The monoisotopic (exact) mass is 370 g/mol. The van der Waals surface area contributed by atoms with Gasteiger partial charge in [0.05, 0.1) is 4.90 Å². The zero-order chi connectivity index (χ0) is 19.0. The highest BCUT2D eigenvalue weighted by atomic mass is 32.2. The zero-order valence-corrected chi connectivity index (χ0v) is 15.6. The Morgan fingerprint density at radius 1 is 0.731 bits per heavy atom. The molecule has 0 amide bonds. The molecule has 0 aliphatic rings. The fourth-order valence-corrected chi connectivity index (χ4v) is 3.16. The molecule has 0 unspecified atom stereocenters. The summed E-state index contributed by atoms with van der Waals surface area (Å²) in [5.74, 6) is 1.82. The van der Waals surface area contributed by atoms with Gasteiger partial charge in [0.25, 0.3) is 10.1 Å². The van der Waals surface area contributed by atoms with Crippen LogP contribution in [-0.4, -0.2) is 13.0 Å². The van der Waals surface area contributed by atoms with Crippen molar-refractivity contribution in [3.8, 4) is 11.5 Å². The van der Waals surface area contributed by atoms with Crippen molar-refractivity contribution < 1.29 is 17.7 Å². The van der Waals surface area contributed by atoms with Crippen molar-refractivity contribution in [2.75, 3.05) is 0 Å². The van der Waals surface area contributed by atoms with Gasteiger partial charge in [-0.1, -0.05) is 68.4 Å². The van der Waals surface area contributed by atoms with Crippen LogP contribution in [0, 0.1) is 0 Å². The summed E-state index contributed by atoms with van der Waals surface area (Å²) in [6.07, 6.45) is 0. The molecule has 136 valence electrons. The van der Waals surface area contributed by atoms with Crippen LogP contribution in [0.5, 0.6) is 11.5 Å². The van der Waals surface area contributed by atoms with Gasteiger partial charge in [-0.05, 0) is 41.8 Å². The van der Waals surface area contributed by atoms with E-state index < -0.39 is 10.1 Å². The van der Waals surface area contributed by atoms with Crippen molar-refractivity contribution in [1.29, 1.82) is 0 Å². The molecule has 0 saturated carbocycles. The summed E-state index contributed by atoms with van der Waals surface area (Å²) in [5, 5.41) is 0. The van der Waals surface area contributed by atoms with E-state index in [0.717, 1.165) is 11.5 Å². The van der Waals surface area contributed by atoms with Gasteiger partial charge in [0, 0.05) is 0 Å². The first-order valence-corrected chi connectivity index (χ1v) is 9.66. The third kappa shape index (κ3) is 6.02. The van der Waals surface area contributed by atoms with Gasteiger partial charge in [0.1, 0.15) is 11.5 Å². The highest BCUT2D eigenvalue weighted by Gasteiger charge is 2.15. The molecule has 0 saturated heterocycles. The predicted molar refractivity (Wildman–Crippen MR) is 103 cm³/mol. The molecule has 0 bridgehead atoms. The second kappa shape index (κ2) is 9.17. The second-order valence-electron chi connectivity index (χ2n) is 5.90. The van der Waals surface area contributed by atoms with E-state index in [9.17, 15) is 8.42 Å². The van der Waals surface area contributed by atoms with Gasteiger partial charge < -0.3 is 4.74 Å². The Bertz CT molecular complexity index is 868. The average molecular weight is 370 g/mol. The highest BCUT2D eigenvalue weighted by Crippen LogP contribution is 2.22. The van der Waals surface area contributed by atoms with Crippen molar-refractivity contribution in [3.05, 3.63) is 90.5 Å². The van der Waals surface area contributed by atoms with Crippen LogP contribution in [-0.2, 0) is 10.1 Å². The van der Waals surface area contributed by atoms with Crippen LogP contribution in [0.15, 0.2) is 89.8 Å². The van der Waals surface area contributed by atoms with Crippen molar-refractivity contribution >= 4 is 10.1 Å². The molecule has 3 aromatic carbocycles. The minimum atomic E-state index is -4.08. The molecule has 0 radical (unpaired) electrons. The highest BCUT2D eigenvalue weighted by molar-refractivity contribution is 7.85. The van der Waals surface area contributed by atoms with E-state index in [4.69, 9.17) is 9.29 Å². The lowest BCUT2D eigenvalue weighted by atomic mass is 10.0. The Labute approximate surface area is 154 Å². The molecule has 26 heavy (non-hydrogen) atoms. The first-order valence-electron chi connectivity index (χ1n) is 8.22. The third-order valence-electron chi connectivity index (χ3n) is 3.54. The fourth-order valence-electron chi connectivity index (χ4n) is 2.31. The molecule has 3 rings (SSSR count). The lowest BCUT2D eigenvalue weighted by Gasteiger charge is -2.09. The largest absolute Gasteiger partial charge is 0.457 e. The summed E-state index contributed by atoms with van der Waals surface area (Å²) in [4.78, 5) is 0.00463. The number of hydrogen-bond donors (Lipinski definition) is 1. The first kappa shape index (κ1) is 19.7. The van der Waals surface area contributed by atoms with Crippen LogP contribution >= 0.6 is 0 Å². The quantitative estimate of drug-likeness (QED) is 0.613. The van der Waals surface area contributed by atoms with Crippen LogP contribution in [0.1, 0.15) is 25.3 Å².